The molecule has 0 saturated carbocycles. The molecule has 2 aliphatic heterocycles. The fraction of sp³-hybridized carbons (Fsp3) is 0.429. The minimum absolute atomic E-state index is 0.126. The van der Waals surface area contributed by atoms with Crippen LogP contribution >= 0.6 is 12.2 Å². The lowest BCUT2D eigenvalue weighted by molar-refractivity contribution is -0.123. The Morgan fingerprint density at radius 2 is 1.81 bits per heavy atom. The number of amides is 2. The molecule has 0 aliphatic carbocycles. The second-order valence-corrected chi connectivity index (χ2v) is 8.76. The lowest BCUT2D eigenvalue weighted by atomic mass is 9.86. The first-order valence-corrected chi connectivity index (χ1v) is 10.7. The summed E-state index contributed by atoms with van der Waals surface area (Å²) in [6.07, 6.45) is 0. The molecule has 11 heteroatoms. The number of benzene rings is 1. The van der Waals surface area contributed by atoms with Gasteiger partial charge in [0.05, 0.1) is 17.1 Å². The van der Waals surface area contributed by atoms with Gasteiger partial charge in [-0.15, -0.1) is 0 Å². The van der Waals surface area contributed by atoms with Crippen molar-refractivity contribution in [1.82, 2.24) is 15.8 Å². The van der Waals surface area contributed by atoms with Gasteiger partial charge in [0.15, 0.2) is 0 Å². The first kappa shape index (κ1) is 25.1. The molecule has 174 valence electrons. The van der Waals surface area contributed by atoms with Gasteiger partial charge in [0.2, 0.25) is 0 Å². The van der Waals surface area contributed by atoms with Crippen LogP contribution in [0, 0.1) is 5.41 Å². The van der Waals surface area contributed by atoms with Crippen molar-refractivity contribution in [3.05, 3.63) is 29.5 Å². The average Bonchev–Trinajstić information content (AvgIpc) is 3.08. The molecule has 1 atom stereocenters. The number of anilines is 2. The molecule has 0 fully saturated rings. The fourth-order valence-corrected chi connectivity index (χ4v) is 3.47. The first-order valence-electron chi connectivity index (χ1n) is 10.3. The van der Waals surface area contributed by atoms with Crippen LogP contribution in [-0.4, -0.2) is 46.4 Å². The van der Waals surface area contributed by atoms with Gasteiger partial charge >= 0.3 is 0 Å². The number of hydrazone groups is 1. The highest BCUT2D eigenvalue weighted by Gasteiger charge is 2.33. The van der Waals surface area contributed by atoms with Gasteiger partial charge in [0.25, 0.3) is 11.8 Å². The van der Waals surface area contributed by atoms with E-state index >= 15 is 0 Å². The summed E-state index contributed by atoms with van der Waals surface area (Å²) >= 11 is 5.28. The highest BCUT2D eigenvalue weighted by Crippen LogP contribution is 2.28. The zero-order chi connectivity index (χ0) is 24.2. The maximum atomic E-state index is 12.3. The van der Waals surface area contributed by atoms with E-state index in [1.54, 1.807) is 17.0 Å². The zero-order valence-electron chi connectivity index (χ0n) is 19.1. The van der Waals surface area contributed by atoms with Crippen molar-refractivity contribution in [2.45, 2.75) is 40.7 Å². The van der Waals surface area contributed by atoms with E-state index in [1.807, 2.05) is 40.7 Å². The fourth-order valence-electron chi connectivity index (χ4n) is 3.18. The Labute approximate surface area is 193 Å². The molecular weight excluding hydrogens is 428 g/mol. The minimum atomic E-state index is -0.560. The molecule has 32 heavy (non-hydrogen) atoms. The highest BCUT2D eigenvalue weighted by atomic mass is 32.1. The van der Waals surface area contributed by atoms with Crippen LogP contribution in [0.4, 0.5) is 11.4 Å². The Balaban J connectivity index is 0.000000278. The quantitative estimate of drug-likeness (QED) is 0.285. The number of hydrogen-bond acceptors (Lipinski definition) is 9. The monoisotopic (exact) mass is 460 g/mol. The SMILES string of the molecule is CC(C)(C)C1=NNC(=O)C1N.CCN(CC)C(=O)C(=S)C1=C(N)c2cc(N)ccc2NN1. The molecular formula is C21H32N8O2S. The molecule has 0 saturated heterocycles. The topological polar surface area (TPSA) is 164 Å². The van der Waals surface area contributed by atoms with E-state index in [2.05, 4.69) is 21.4 Å². The van der Waals surface area contributed by atoms with Crippen molar-refractivity contribution < 1.29 is 9.59 Å². The second-order valence-electron chi connectivity index (χ2n) is 8.35. The number of nitrogens with zero attached hydrogens (tertiary/aromatic N) is 2. The molecule has 10 nitrogen and oxygen atoms in total. The first-order chi connectivity index (χ1) is 14.9. The number of nitrogen functional groups attached to an aromatic ring is 1. The Bertz CT molecular complexity index is 977. The van der Waals surface area contributed by atoms with Gasteiger partial charge in [-0.25, -0.2) is 5.43 Å². The molecule has 1 aromatic rings. The summed E-state index contributed by atoms with van der Waals surface area (Å²) < 4.78 is 0. The standard InChI is InChI=1S/C14H19N5OS.C7H13N3O/c1-3-19(4-2)14(20)13(21)12-11(16)9-7-8(15)5-6-10(9)17-18-12;1-7(2,3)5-4(8)6(11)10-9-5/h5-7,17-18H,3-4,15-16H2,1-2H3;4H,8H2,1-3H3,(H,10,11). The van der Waals surface area contributed by atoms with Crippen LogP contribution in [0.25, 0.3) is 5.70 Å². The number of rotatable bonds is 4. The molecule has 1 unspecified atom stereocenters. The van der Waals surface area contributed by atoms with E-state index in [0.29, 0.717) is 30.2 Å². The normalized spacial score (nSPS) is 17.1. The molecule has 2 aliphatic rings. The van der Waals surface area contributed by atoms with Gasteiger partial charge in [-0.05, 0) is 32.0 Å². The number of hydrazine groups is 1. The predicted octanol–water partition coefficient (Wildman–Crippen LogP) is 0.910. The number of hydrogen-bond donors (Lipinski definition) is 6. The molecule has 0 spiro atoms. The number of carbonyl (C=O) groups is 2. The Kier molecular flexibility index (Phi) is 7.81. The van der Waals surface area contributed by atoms with E-state index < -0.39 is 6.04 Å². The third-order valence-corrected chi connectivity index (χ3v) is 5.41. The van der Waals surface area contributed by atoms with Gasteiger partial charge in [0.1, 0.15) is 16.6 Å². The van der Waals surface area contributed by atoms with Gasteiger partial charge in [0, 0.05) is 29.8 Å². The molecule has 0 aromatic heterocycles. The van der Waals surface area contributed by atoms with Crippen LogP contribution in [0.2, 0.25) is 0 Å². The van der Waals surface area contributed by atoms with Gasteiger partial charge in [-0.3, -0.25) is 15.0 Å². The van der Waals surface area contributed by atoms with Gasteiger partial charge < -0.3 is 27.5 Å². The number of thiocarbonyl (C=S) groups is 1. The lowest BCUT2D eigenvalue weighted by Gasteiger charge is -2.26. The maximum absolute atomic E-state index is 12.3. The third-order valence-electron chi connectivity index (χ3n) is 5.03. The van der Waals surface area contributed by atoms with Crippen LogP contribution < -0.4 is 33.5 Å². The Morgan fingerprint density at radius 1 is 1.19 bits per heavy atom. The van der Waals surface area contributed by atoms with Crippen molar-refractivity contribution in [3.8, 4) is 0 Å². The molecule has 0 bridgehead atoms. The van der Waals surface area contributed by atoms with Crippen LogP contribution in [0.15, 0.2) is 29.0 Å². The van der Waals surface area contributed by atoms with E-state index in [4.69, 9.17) is 29.4 Å². The van der Waals surface area contributed by atoms with E-state index in [-0.39, 0.29) is 22.1 Å². The summed E-state index contributed by atoms with van der Waals surface area (Å²) in [6.45, 7) is 10.9. The molecule has 3 rings (SSSR count). The predicted molar refractivity (Wildman–Crippen MR) is 132 cm³/mol. The van der Waals surface area contributed by atoms with Crippen molar-refractivity contribution in [3.63, 3.8) is 0 Å². The summed E-state index contributed by atoms with van der Waals surface area (Å²) in [5.41, 5.74) is 29.3. The molecule has 0 radical (unpaired) electrons. The third kappa shape index (κ3) is 5.35. The second kappa shape index (κ2) is 9.96. The molecule has 1 aromatic carbocycles. The average molecular weight is 461 g/mol. The summed E-state index contributed by atoms with van der Waals surface area (Å²) in [5, 5.41) is 3.86. The van der Waals surface area contributed by atoms with Crippen LogP contribution in [0.3, 0.4) is 0 Å². The van der Waals surface area contributed by atoms with Crippen LogP contribution in [0.5, 0.6) is 0 Å². The minimum Gasteiger partial charge on any atom is -0.399 e. The van der Waals surface area contributed by atoms with Gasteiger partial charge in [-0.2, -0.15) is 5.10 Å². The van der Waals surface area contributed by atoms with Crippen molar-refractivity contribution in [2.75, 3.05) is 24.2 Å². The molecule has 9 N–H and O–H groups in total. The van der Waals surface area contributed by atoms with Crippen molar-refractivity contribution in [1.29, 1.82) is 0 Å². The zero-order valence-corrected chi connectivity index (χ0v) is 19.9. The Morgan fingerprint density at radius 3 is 2.28 bits per heavy atom. The number of nitrogens with two attached hydrogens (primary N) is 3. The van der Waals surface area contributed by atoms with Crippen molar-refractivity contribution >= 4 is 51.7 Å². The Hall–Kier alpha value is -3.18. The van der Waals surface area contributed by atoms with E-state index in [1.165, 1.54) is 0 Å². The number of nitrogens with one attached hydrogen (secondary N) is 3. The maximum Gasteiger partial charge on any atom is 0.267 e. The molecule has 2 heterocycles. The van der Waals surface area contributed by atoms with Crippen LogP contribution in [-0.2, 0) is 9.59 Å². The highest BCUT2D eigenvalue weighted by molar-refractivity contribution is 7.82. The largest absolute Gasteiger partial charge is 0.399 e. The van der Waals surface area contributed by atoms with E-state index in [9.17, 15) is 9.59 Å². The van der Waals surface area contributed by atoms with E-state index in [0.717, 1.165) is 17.0 Å². The van der Waals surface area contributed by atoms with Crippen molar-refractivity contribution in [2.24, 2.45) is 22.0 Å². The smallest absolute Gasteiger partial charge is 0.267 e. The molecule has 2 amide bonds. The lowest BCUT2D eigenvalue weighted by Crippen LogP contribution is -2.42. The number of carbonyl (C=O) groups excluding carboxylic acids is 2. The summed E-state index contributed by atoms with van der Waals surface area (Å²) in [4.78, 5) is 25.0. The van der Waals surface area contributed by atoms with Crippen LogP contribution in [0.1, 0.15) is 40.2 Å². The number of fused-ring (bicyclic) bond motifs is 1. The summed E-state index contributed by atoms with van der Waals surface area (Å²) in [7, 11) is 0. The summed E-state index contributed by atoms with van der Waals surface area (Å²) in [5.74, 6) is -0.426. The van der Waals surface area contributed by atoms with Gasteiger partial charge in [-0.1, -0.05) is 33.0 Å². The summed E-state index contributed by atoms with van der Waals surface area (Å²) in [6, 6.07) is 4.78.